The fraction of sp³-hybridized carbons (Fsp3) is 0.130. The summed E-state index contributed by atoms with van der Waals surface area (Å²) in [4.78, 5) is 26.1. The summed E-state index contributed by atoms with van der Waals surface area (Å²) in [6.07, 6.45) is 1.12. The van der Waals surface area contributed by atoms with Crippen LogP contribution < -0.4 is 9.47 Å². The molecule has 0 heterocycles. The Balaban J connectivity index is 1.11. The molecule has 0 aromatic heterocycles. The first kappa shape index (κ1) is 31.9. The van der Waals surface area contributed by atoms with Crippen molar-refractivity contribution < 1.29 is 29.3 Å². The van der Waals surface area contributed by atoms with Gasteiger partial charge in [0, 0.05) is 12.5 Å². The topological polar surface area (TPSA) is 93.1 Å². The minimum Gasteiger partial charge on any atom is -0.426 e. The van der Waals surface area contributed by atoms with E-state index in [2.05, 4.69) is 30.8 Å². The Hall–Kier alpha value is -6.08. The lowest BCUT2D eigenvalue weighted by Gasteiger charge is -2.53. The highest BCUT2D eigenvalue weighted by atomic mass is 16.5. The van der Waals surface area contributed by atoms with Gasteiger partial charge in [-0.25, -0.2) is 4.79 Å². The lowest BCUT2D eigenvalue weighted by Crippen LogP contribution is -2.57. The summed E-state index contributed by atoms with van der Waals surface area (Å²) in [5.41, 5.74) is 5.70. The largest absolute Gasteiger partial charge is 0.426 e. The number of fused-ring (bicyclic) bond motifs is 4. The number of ether oxygens (including phenoxy) is 2. The molecule has 6 heteroatoms. The molecule has 254 valence electrons. The maximum Gasteiger partial charge on any atom is 0.335 e. The van der Waals surface area contributed by atoms with Gasteiger partial charge in [-0.15, -0.1) is 0 Å². The Bertz CT molecular complexity index is 2400. The quantitative estimate of drug-likeness (QED) is 0.105. The number of benzene rings is 6. The fourth-order valence-corrected chi connectivity index (χ4v) is 9.01. The normalized spacial score (nSPS) is 21.2. The number of esters is 2. The summed E-state index contributed by atoms with van der Waals surface area (Å²) in [7, 11) is 0. The van der Waals surface area contributed by atoms with Gasteiger partial charge >= 0.3 is 11.9 Å². The SMILES string of the molecule is C=CC(=O)Oc1ccc(C2(c3ccc(OC(=O)C4CC5(O)c6ccccc6C4(O)c4ccc(C)cc45)cc3)c3ccccc3-c3ccccc32)cc1. The minimum atomic E-state index is -1.67. The van der Waals surface area contributed by atoms with Crippen molar-refractivity contribution in [2.75, 3.05) is 0 Å². The van der Waals surface area contributed by atoms with Crippen molar-refractivity contribution in [3.05, 3.63) is 202 Å². The van der Waals surface area contributed by atoms with Crippen molar-refractivity contribution in [3.8, 4) is 22.6 Å². The van der Waals surface area contributed by atoms with Crippen LogP contribution in [-0.4, -0.2) is 22.2 Å². The summed E-state index contributed by atoms with van der Waals surface area (Å²) in [5, 5.41) is 24.7. The van der Waals surface area contributed by atoms with Gasteiger partial charge in [0.15, 0.2) is 0 Å². The van der Waals surface area contributed by atoms with Crippen LogP contribution in [0.2, 0.25) is 0 Å². The zero-order valence-corrected chi connectivity index (χ0v) is 28.4. The molecule has 0 radical (unpaired) electrons. The molecule has 6 nitrogen and oxygen atoms in total. The molecule has 0 aliphatic heterocycles. The summed E-state index contributed by atoms with van der Waals surface area (Å²) in [5.74, 6) is -1.46. The van der Waals surface area contributed by atoms with Crippen LogP contribution in [0.4, 0.5) is 0 Å². The standard InChI is InChI=1S/C46H34O6/c1-3-42(47)51-31-21-17-29(18-22-31)45(35-12-6-4-10-33(35)34-11-5-7-13-36(34)45)30-19-23-32(24-20-30)52-43(48)41-27-44(49)37-14-8-9-15-38(37)46(41,50)39-25-16-28(2)26-40(39)44/h3-26,41,49-50H,1,27H2,2H3. The van der Waals surface area contributed by atoms with Gasteiger partial charge in [0.05, 0.1) is 11.3 Å². The molecule has 10 rings (SSSR count). The van der Waals surface area contributed by atoms with Crippen LogP contribution >= 0.6 is 0 Å². The molecule has 4 aliphatic carbocycles. The van der Waals surface area contributed by atoms with Crippen molar-refractivity contribution in [3.63, 3.8) is 0 Å². The van der Waals surface area contributed by atoms with Gasteiger partial charge in [-0.05, 0) is 86.8 Å². The first-order valence-corrected chi connectivity index (χ1v) is 17.3. The number of hydrogen-bond acceptors (Lipinski definition) is 6. The molecule has 52 heavy (non-hydrogen) atoms. The summed E-state index contributed by atoms with van der Waals surface area (Å²) in [6, 6.07) is 44.5. The van der Waals surface area contributed by atoms with Gasteiger partial charge in [-0.1, -0.05) is 127 Å². The number of aryl methyl sites for hydroxylation is 1. The van der Waals surface area contributed by atoms with Crippen LogP contribution in [-0.2, 0) is 26.2 Å². The zero-order valence-electron chi connectivity index (χ0n) is 28.4. The highest BCUT2D eigenvalue weighted by Gasteiger charge is 2.62. The molecule has 3 unspecified atom stereocenters. The average molecular weight is 683 g/mol. The number of hydrogen-bond donors (Lipinski definition) is 2. The molecule has 0 fully saturated rings. The van der Waals surface area contributed by atoms with Gasteiger partial charge in [-0.3, -0.25) is 4.79 Å². The predicted molar refractivity (Wildman–Crippen MR) is 197 cm³/mol. The second-order valence-corrected chi connectivity index (χ2v) is 13.9. The molecular formula is C46H34O6. The third-order valence-electron chi connectivity index (χ3n) is 11.2. The second-order valence-electron chi connectivity index (χ2n) is 13.9. The van der Waals surface area contributed by atoms with Gasteiger partial charge in [0.1, 0.15) is 22.7 Å². The van der Waals surface area contributed by atoms with Gasteiger partial charge in [0.25, 0.3) is 0 Å². The minimum absolute atomic E-state index is 0.0112. The van der Waals surface area contributed by atoms with Crippen LogP contribution in [0.5, 0.6) is 11.5 Å². The summed E-state index contributed by atoms with van der Waals surface area (Å²) in [6.45, 7) is 5.44. The van der Waals surface area contributed by atoms with E-state index in [1.54, 1.807) is 30.3 Å². The van der Waals surface area contributed by atoms with Crippen LogP contribution in [0.1, 0.15) is 56.5 Å². The van der Waals surface area contributed by atoms with E-state index in [1.165, 1.54) is 0 Å². The fourth-order valence-electron chi connectivity index (χ4n) is 9.01. The van der Waals surface area contributed by atoms with Crippen LogP contribution in [0.25, 0.3) is 11.1 Å². The Morgan fingerprint density at radius 3 is 1.71 bits per heavy atom. The van der Waals surface area contributed by atoms with Crippen LogP contribution in [0, 0.1) is 12.8 Å². The van der Waals surface area contributed by atoms with E-state index in [9.17, 15) is 19.8 Å². The molecule has 0 saturated carbocycles. The average Bonchev–Trinajstić information content (AvgIpc) is 3.47. The lowest BCUT2D eigenvalue weighted by atomic mass is 9.54. The van der Waals surface area contributed by atoms with E-state index in [0.29, 0.717) is 33.8 Å². The maximum atomic E-state index is 14.1. The van der Waals surface area contributed by atoms with Crippen molar-refractivity contribution in [1.82, 2.24) is 0 Å². The van der Waals surface area contributed by atoms with E-state index >= 15 is 0 Å². The summed E-state index contributed by atoms with van der Waals surface area (Å²) < 4.78 is 11.5. The van der Waals surface area contributed by atoms with Crippen LogP contribution in [0.3, 0.4) is 0 Å². The third-order valence-corrected chi connectivity index (χ3v) is 11.2. The van der Waals surface area contributed by atoms with Crippen molar-refractivity contribution in [2.45, 2.75) is 30.0 Å². The number of carbonyl (C=O) groups excluding carboxylic acids is 2. The Morgan fingerprint density at radius 1 is 0.635 bits per heavy atom. The van der Waals surface area contributed by atoms with E-state index in [1.807, 2.05) is 91.9 Å². The van der Waals surface area contributed by atoms with Crippen LogP contribution in [0.15, 0.2) is 152 Å². The van der Waals surface area contributed by atoms with E-state index < -0.39 is 34.5 Å². The molecule has 0 saturated heterocycles. The summed E-state index contributed by atoms with van der Waals surface area (Å²) >= 11 is 0. The molecule has 6 aromatic carbocycles. The van der Waals surface area contributed by atoms with Crippen molar-refractivity contribution in [1.29, 1.82) is 0 Å². The monoisotopic (exact) mass is 682 g/mol. The van der Waals surface area contributed by atoms with Gasteiger partial charge < -0.3 is 19.7 Å². The second kappa shape index (κ2) is 11.5. The Labute approximate surface area is 301 Å². The molecular weight excluding hydrogens is 649 g/mol. The number of aliphatic hydroxyl groups is 2. The maximum absolute atomic E-state index is 14.1. The van der Waals surface area contributed by atoms with E-state index in [4.69, 9.17) is 9.47 Å². The van der Waals surface area contributed by atoms with Gasteiger partial charge in [0.2, 0.25) is 0 Å². The first-order valence-electron chi connectivity index (χ1n) is 17.3. The molecule has 3 atom stereocenters. The Kier molecular flexibility index (Phi) is 7.03. The Morgan fingerprint density at radius 2 is 1.13 bits per heavy atom. The predicted octanol–water partition coefficient (Wildman–Crippen LogP) is 7.86. The molecule has 4 aliphatic rings. The molecule has 6 aromatic rings. The number of carbonyl (C=O) groups is 2. The van der Waals surface area contributed by atoms with Crippen molar-refractivity contribution in [2.24, 2.45) is 5.92 Å². The lowest BCUT2D eigenvalue weighted by molar-refractivity contribution is -0.157. The smallest absolute Gasteiger partial charge is 0.335 e. The highest BCUT2D eigenvalue weighted by Crippen LogP contribution is 2.60. The van der Waals surface area contributed by atoms with Crippen molar-refractivity contribution >= 4 is 11.9 Å². The molecule has 0 spiro atoms. The molecule has 2 N–H and O–H groups in total. The van der Waals surface area contributed by atoms with Gasteiger partial charge in [-0.2, -0.15) is 0 Å². The third kappa shape index (κ3) is 4.32. The molecule has 2 bridgehead atoms. The first-order chi connectivity index (χ1) is 25.2. The zero-order chi connectivity index (χ0) is 35.8. The highest BCUT2D eigenvalue weighted by molar-refractivity contribution is 5.87. The molecule has 0 amide bonds. The van der Waals surface area contributed by atoms with E-state index in [0.717, 1.165) is 45.0 Å². The number of rotatable bonds is 6. The van der Waals surface area contributed by atoms with E-state index in [-0.39, 0.29) is 6.42 Å².